The van der Waals surface area contributed by atoms with Crippen molar-refractivity contribution in [3.8, 4) is 5.69 Å². The number of hydrogen-bond donors (Lipinski definition) is 1. The number of nitrogens with zero attached hydrogens (tertiary/aromatic N) is 3. The molecule has 0 radical (unpaired) electrons. The Balaban J connectivity index is 1.84. The Morgan fingerprint density at radius 1 is 1.10 bits per heavy atom. The largest absolute Gasteiger partial charge is 0.379 e. The Morgan fingerprint density at radius 3 is 2.80 bits per heavy atom. The van der Waals surface area contributed by atoms with Crippen LogP contribution in [0.1, 0.15) is 11.1 Å². The van der Waals surface area contributed by atoms with Crippen LogP contribution in [0, 0.1) is 6.92 Å². The number of aromatic nitrogens is 3. The number of nitrogens with one attached hydrogen (secondary N) is 1. The molecule has 2 aromatic heterocycles. The van der Waals surface area contributed by atoms with Gasteiger partial charge in [0.2, 0.25) is 0 Å². The van der Waals surface area contributed by atoms with Gasteiger partial charge in [-0.2, -0.15) is 5.10 Å². The molecule has 0 unspecified atom stereocenters. The van der Waals surface area contributed by atoms with Crippen molar-refractivity contribution in [3.63, 3.8) is 0 Å². The van der Waals surface area contributed by atoms with Crippen molar-refractivity contribution < 1.29 is 0 Å². The van der Waals surface area contributed by atoms with Gasteiger partial charge in [-0.1, -0.05) is 12.1 Å². The first-order valence-electron chi connectivity index (χ1n) is 6.57. The van der Waals surface area contributed by atoms with Crippen molar-refractivity contribution >= 4 is 5.69 Å². The SMILES string of the molecule is Cc1ccncc1CNc1ccccc1-n1cccn1. The van der Waals surface area contributed by atoms with E-state index in [9.17, 15) is 0 Å². The van der Waals surface area contributed by atoms with E-state index in [4.69, 9.17) is 0 Å². The molecule has 1 N–H and O–H groups in total. The quantitative estimate of drug-likeness (QED) is 0.787. The fraction of sp³-hybridized carbons (Fsp3) is 0.125. The summed E-state index contributed by atoms with van der Waals surface area (Å²) in [6.45, 7) is 2.84. The van der Waals surface area contributed by atoms with E-state index in [0.29, 0.717) is 0 Å². The minimum absolute atomic E-state index is 0.748. The summed E-state index contributed by atoms with van der Waals surface area (Å²) in [5.74, 6) is 0. The van der Waals surface area contributed by atoms with Gasteiger partial charge in [0.05, 0.1) is 11.4 Å². The van der Waals surface area contributed by atoms with E-state index in [2.05, 4.69) is 28.4 Å². The molecule has 3 rings (SSSR count). The first-order valence-corrected chi connectivity index (χ1v) is 6.57. The third-order valence-electron chi connectivity index (χ3n) is 3.27. The van der Waals surface area contributed by atoms with E-state index in [1.807, 2.05) is 53.6 Å². The molecule has 1 aromatic carbocycles. The summed E-state index contributed by atoms with van der Waals surface area (Å²) in [6, 6.07) is 12.1. The molecule has 100 valence electrons. The summed E-state index contributed by atoms with van der Waals surface area (Å²) >= 11 is 0. The van der Waals surface area contributed by atoms with Crippen molar-refractivity contribution in [2.75, 3.05) is 5.32 Å². The molecule has 2 heterocycles. The van der Waals surface area contributed by atoms with Crippen LogP contribution in [0.2, 0.25) is 0 Å². The second-order valence-corrected chi connectivity index (χ2v) is 4.62. The smallest absolute Gasteiger partial charge is 0.0876 e. The zero-order valence-corrected chi connectivity index (χ0v) is 11.3. The highest BCUT2D eigenvalue weighted by Crippen LogP contribution is 2.20. The molecule has 0 spiro atoms. The molecule has 0 aliphatic carbocycles. The lowest BCUT2D eigenvalue weighted by molar-refractivity contribution is 0.879. The number of hydrogen-bond acceptors (Lipinski definition) is 3. The average molecular weight is 264 g/mol. The number of rotatable bonds is 4. The van der Waals surface area contributed by atoms with E-state index in [-0.39, 0.29) is 0 Å². The van der Waals surface area contributed by atoms with Crippen LogP contribution in [0.4, 0.5) is 5.69 Å². The molecule has 0 saturated heterocycles. The molecule has 4 nitrogen and oxygen atoms in total. The maximum atomic E-state index is 4.28. The third kappa shape index (κ3) is 2.54. The fourth-order valence-corrected chi connectivity index (χ4v) is 2.11. The van der Waals surface area contributed by atoms with Gasteiger partial charge in [0.25, 0.3) is 0 Å². The summed E-state index contributed by atoms with van der Waals surface area (Å²) < 4.78 is 1.86. The van der Waals surface area contributed by atoms with Crippen LogP contribution in [0.5, 0.6) is 0 Å². The maximum absolute atomic E-state index is 4.28. The van der Waals surface area contributed by atoms with Crippen molar-refractivity contribution in [1.82, 2.24) is 14.8 Å². The molecule has 0 aliphatic rings. The topological polar surface area (TPSA) is 42.7 Å². The van der Waals surface area contributed by atoms with Crippen molar-refractivity contribution in [2.24, 2.45) is 0 Å². The summed E-state index contributed by atoms with van der Waals surface area (Å²) in [5, 5.41) is 7.74. The molecule has 0 atom stereocenters. The highest BCUT2D eigenvalue weighted by molar-refractivity contribution is 5.60. The van der Waals surface area contributed by atoms with Gasteiger partial charge in [-0.3, -0.25) is 4.98 Å². The lowest BCUT2D eigenvalue weighted by Gasteiger charge is -2.12. The third-order valence-corrected chi connectivity index (χ3v) is 3.27. The van der Waals surface area contributed by atoms with Gasteiger partial charge in [-0.15, -0.1) is 0 Å². The summed E-state index contributed by atoms with van der Waals surface area (Å²) in [5.41, 5.74) is 4.53. The van der Waals surface area contributed by atoms with Gasteiger partial charge >= 0.3 is 0 Å². The Kier molecular flexibility index (Phi) is 3.46. The Bertz CT molecular complexity index is 689. The van der Waals surface area contributed by atoms with Crippen molar-refractivity contribution in [1.29, 1.82) is 0 Å². The number of anilines is 1. The van der Waals surface area contributed by atoms with Gasteiger partial charge < -0.3 is 5.32 Å². The van der Waals surface area contributed by atoms with E-state index in [1.165, 1.54) is 11.1 Å². The monoisotopic (exact) mass is 264 g/mol. The number of aryl methyl sites for hydroxylation is 1. The minimum Gasteiger partial charge on any atom is -0.379 e. The number of benzene rings is 1. The molecule has 20 heavy (non-hydrogen) atoms. The lowest BCUT2D eigenvalue weighted by Crippen LogP contribution is -2.06. The highest BCUT2D eigenvalue weighted by atomic mass is 15.3. The average Bonchev–Trinajstić information content (AvgIpc) is 3.01. The molecule has 0 amide bonds. The second-order valence-electron chi connectivity index (χ2n) is 4.62. The zero-order chi connectivity index (χ0) is 13.8. The summed E-state index contributed by atoms with van der Waals surface area (Å²) in [7, 11) is 0. The van der Waals surface area contributed by atoms with E-state index in [1.54, 1.807) is 6.20 Å². The van der Waals surface area contributed by atoms with Crippen LogP contribution in [0.15, 0.2) is 61.2 Å². The molecule has 0 bridgehead atoms. The van der Waals surface area contributed by atoms with Gasteiger partial charge in [0.1, 0.15) is 0 Å². The summed E-state index contributed by atoms with van der Waals surface area (Å²) in [6.07, 6.45) is 7.44. The fourth-order valence-electron chi connectivity index (χ4n) is 2.11. The normalized spacial score (nSPS) is 10.4. The molecule has 0 aliphatic heterocycles. The van der Waals surface area contributed by atoms with Crippen LogP contribution in [0.25, 0.3) is 5.69 Å². The molecule has 3 aromatic rings. The Hall–Kier alpha value is -2.62. The summed E-state index contributed by atoms with van der Waals surface area (Å²) in [4.78, 5) is 4.17. The van der Waals surface area contributed by atoms with Crippen LogP contribution in [0.3, 0.4) is 0 Å². The highest BCUT2D eigenvalue weighted by Gasteiger charge is 2.04. The van der Waals surface area contributed by atoms with Gasteiger partial charge in [-0.05, 0) is 42.3 Å². The van der Waals surface area contributed by atoms with Crippen LogP contribution in [-0.2, 0) is 6.54 Å². The van der Waals surface area contributed by atoms with Gasteiger partial charge in [0.15, 0.2) is 0 Å². The van der Waals surface area contributed by atoms with Crippen LogP contribution in [-0.4, -0.2) is 14.8 Å². The first-order chi connectivity index (χ1) is 9.84. The van der Waals surface area contributed by atoms with Gasteiger partial charge in [0, 0.05) is 31.3 Å². The van der Waals surface area contributed by atoms with Gasteiger partial charge in [-0.25, -0.2) is 4.68 Å². The lowest BCUT2D eigenvalue weighted by atomic mass is 10.1. The first kappa shape index (κ1) is 12.4. The zero-order valence-electron chi connectivity index (χ0n) is 11.3. The van der Waals surface area contributed by atoms with E-state index < -0.39 is 0 Å². The second kappa shape index (κ2) is 5.57. The van der Waals surface area contributed by atoms with E-state index in [0.717, 1.165) is 17.9 Å². The van der Waals surface area contributed by atoms with Crippen molar-refractivity contribution in [3.05, 3.63) is 72.3 Å². The molecular weight excluding hydrogens is 248 g/mol. The Morgan fingerprint density at radius 2 is 2.00 bits per heavy atom. The number of pyridine rings is 1. The predicted molar refractivity (Wildman–Crippen MR) is 79.9 cm³/mol. The number of para-hydroxylation sites is 2. The Labute approximate surface area is 118 Å². The molecular formula is C16H16N4. The van der Waals surface area contributed by atoms with E-state index >= 15 is 0 Å². The van der Waals surface area contributed by atoms with Crippen LogP contribution >= 0.6 is 0 Å². The molecule has 0 fully saturated rings. The standard InChI is InChI=1S/C16H16N4/c1-13-7-9-17-11-14(13)12-18-15-5-2-3-6-16(15)20-10-4-8-19-20/h2-11,18H,12H2,1H3. The minimum atomic E-state index is 0.748. The van der Waals surface area contributed by atoms with Crippen LogP contribution < -0.4 is 5.32 Å². The molecule has 4 heteroatoms. The predicted octanol–water partition coefficient (Wildman–Crippen LogP) is 3.19. The maximum Gasteiger partial charge on any atom is 0.0876 e. The molecule has 0 saturated carbocycles. The van der Waals surface area contributed by atoms with Crippen molar-refractivity contribution in [2.45, 2.75) is 13.5 Å².